The summed E-state index contributed by atoms with van der Waals surface area (Å²) in [7, 11) is 3.46. The van der Waals surface area contributed by atoms with Crippen molar-refractivity contribution < 1.29 is 14.0 Å². The highest BCUT2D eigenvalue weighted by Gasteiger charge is 2.22. The molecular formula is C15H21FN4O2. The van der Waals surface area contributed by atoms with Crippen LogP contribution in [0.5, 0.6) is 0 Å². The maximum absolute atomic E-state index is 12.8. The van der Waals surface area contributed by atoms with E-state index in [0.717, 1.165) is 0 Å². The van der Waals surface area contributed by atoms with Crippen LogP contribution in [0.2, 0.25) is 0 Å². The maximum atomic E-state index is 12.8. The number of anilines is 1. The number of urea groups is 1. The fourth-order valence-corrected chi connectivity index (χ4v) is 2.18. The lowest BCUT2D eigenvalue weighted by Gasteiger charge is -2.34. The van der Waals surface area contributed by atoms with Crippen molar-refractivity contribution in [3.63, 3.8) is 0 Å². The average molecular weight is 308 g/mol. The van der Waals surface area contributed by atoms with E-state index in [-0.39, 0.29) is 17.8 Å². The first-order valence-corrected chi connectivity index (χ1v) is 7.19. The molecule has 1 saturated heterocycles. The van der Waals surface area contributed by atoms with Gasteiger partial charge < -0.3 is 15.1 Å². The Morgan fingerprint density at radius 1 is 1.14 bits per heavy atom. The van der Waals surface area contributed by atoms with Gasteiger partial charge in [-0.2, -0.15) is 0 Å². The van der Waals surface area contributed by atoms with Crippen LogP contribution in [0.25, 0.3) is 0 Å². The highest BCUT2D eigenvalue weighted by Crippen LogP contribution is 2.10. The third-order valence-corrected chi connectivity index (χ3v) is 3.61. The summed E-state index contributed by atoms with van der Waals surface area (Å²) in [6.45, 7) is 2.83. The van der Waals surface area contributed by atoms with Gasteiger partial charge in [0.15, 0.2) is 0 Å². The van der Waals surface area contributed by atoms with Crippen LogP contribution in [0, 0.1) is 5.82 Å². The molecule has 6 nitrogen and oxygen atoms in total. The number of hydrogen-bond donors (Lipinski definition) is 1. The Kier molecular flexibility index (Phi) is 5.32. The van der Waals surface area contributed by atoms with Crippen LogP contribution in [0.4, 0.5) is 14.9 Å². The summed E-state index contributed by atoms with van der Waals surface area (Å²) in [5.41, 5.74) is 0.566. The van der Waals surface area contributed by atoms with Crippen molar-refractivity contribution in [1.82, 2.24) is 14.7 Å². The molecule has 1 heterocycles. The Balaban J connectivity index is 1.79. The predicted molar refractivity (Wildman–Crippen MR) is 82.1 cm³/mol. The van der Waals surface area contributed by atoms with Crippen LogP contribution in [-0.4, -0.2) is 73.5 Å². The number of nitrogens with zero attached hydrogens (tertiary/aromatic N) is 3. The molecule has 0 atom stereocenters. The van der Waals surface area contributed by atoms with Crippen LogP contribution < -0.4 is 5.32 Å². The lowest BCUT2D eigenvalue weighted by atomic mass is 10.3. The Hall–Kier alpha value is -2.15. The van der Waals surface area contributed by atoms with E-state index in [9.17, 15) is 14.0 Å². The number of carbonyl (C=O) groups is 2. The molecule has 0 aromatic heterocycles. The van der Waals surface area contributed by atoms with E-state index in [1.807, 2.05) is 4.90 Å². The summed E-state index contributed by atoms with van der Waals surface area (Å²) in [5.74, 6) is -0.276. The standard InChI is InChI=1S/C15H21FN4O2/c1-18(2)14(21)11-19-7-9-20(10-8-19)15(22)17-13-5-3-12(16)4-6-13/h3-6H,7-11H2,1-2H3,(H,17,22). The van der Waals surface area contributed by atoms with E-state index in [1.165, 1.54) is 24.3 Å². The van der Waals surface area contributed by atoms with Crippen LogP contribution in [0.15, 0.2) is 24.3 Å². The van der Waals surface area contributed by atoms with Gasteiger partial charge in [-0.15, -0.1) is 0 Å². The molecule has 0 aliphatic carbocycles. The van der Waals surface area contributed by atoms with E-state index in [0.29, 0.717) is 38.4 Å². The molecule has 0 saturated carbocycles. The second-order valence-electron chi connectivity index (χ2n) is 5.49. The van der Waals surface area contributed by atoms with E-state index < -0.39 is 0 Å². The number of hydrogen-bond acceptors (Lipinski definition) is 3. The van der Waals surface area contributed by atoms with Gasteiger partial charge in [-0.1, -0.05) is 0 Å². The quantitative estimate of drug-likeness (QED) is 0.908. The third kappa shape index (κ3) is 4.42. The molecule has 0 unspecified atom stereocenters. The monoisotopic (exact) mass is 308 g/mol. The molecular weight excluding hydrogens is 287 g/mol. The summed E-state index contributed by atoms with van der Waals surface area (Å²) < 4.78 is 12.8. The number of rotatable bonds is 3. The van der Waals surface area contributed by atoms with Gasteiger partial charge in [-0.25, -0.2) is 9.18 Å². The zero-order valence-corrected chi connectivity index (χ0v) is 12.9. The summed E-state index contributed by atoms with van der Waals surface area (Å²) in [6.07, 6.45) is 0. The largest absolute Gasteiger partial charge is 0.348 e. The minimum atomic E-state index is -0.336. The van der Waals surface area contributed by atoms with E-state index in [1.54, 1.807) is 23.9 Å². The van der Waals surface area contributed by atoms with Crippen LogP contribution in [0.3, 0.4) is 0 Å². The minimum absolute atomic E-state index is 0.0595. The first-order chi connectivity index (χ1) is 10.5. The van der Waals surface area contributed by atoms with E-state index >= 15 is 0 Å². The fourth-order valence-electron chi connectivity index (χ4n) is 2.18. The second-order valence-corrected chi connectivity index (χ2v) is 5.49. The molecule has 120 valence electrons. The van der Waals surface area contributed by atoms with Gasteiger partial charge in [0, 0.05) is 46.0 Å². The van der Waals surface area contributed by atoms with Crippen LogP contribution >= 0.6 is 0 Å². The Morgan fingerprint density at radius 2 is 1.73 bits per heavy atom. The fraction of sp³-hybridized carbons (Fsp3) is 0.467. The smallest absolute Gasteiger partial charge is 0.321 e. The van der Waals surface area contributed by atoms with E-state index in [2.05, 4.69) is 5.32 Å². The van der Waals surface area contributed by atoms with Crippen molar-refractivity contribution in [3.8, 4) is 0 Å². The second kappa shape index (κ2) is 7.22. The molecule has 1 aromatic carbocycles. The lowest BCUT2D eigenvalue weighted by molar-refractivity contribution is -0.130. The third-order valence-electron chi connectivity index (χ3n) is 3.61. The molecule has 0 bridgehead atoms. The van der Waals surface area contributed by atoms with Crippen molar-refractivity contribution in [2.75, 3.05) is 52.1 Å². The number of amides is 3. The molecule has 1 aliphatic heterocycles. The van der Waals surface area contributed by atoms with Crippen molar-refractivity contribution >= 4 is 17.6 Å². The molecule has 1 aromatic rings. The highest BCUT2D eigenvalue weighted by atomic mass is 19.1. The molecule has 3 amide bonds. The Morgan fingerprint density at radius 3 is 2.27 bits per heavy atom. The van der Waals surface area contributed by atoms with Crippen LogP contribution in [-0.2, 0) is 4.79 Å². The number of likely N-dealkylation sites (N-methyl/N-ethyl adjacent to an activating group) is 1. The molecule has 0 spiro atoms. The predicted octanol–water partition coefficient (Wildman–Crippen LogP) is 1.06. The SMILES string of the molecule is CN(C)C(=O)CN1CCN(C(=O)Nc2ccc(F)cc2)CC1. The summed E-state index contributed by atoms with van der Waals surface area (Å²) in [6, 6.07) is 5.46. The number of halogens is 1. The van der Waals surface area contributed by atoms with Gasteiger partial charge in [0.1, 0.15) is 5.82 Å². The average Bonchev–Trinajstić information content (AvgIpc) is 2.50. The normalized spacial score (nSPS) is 15.5. The zero-order chi connectivity index (χ0) is 16.1. The van der Waals surface area contributed by atoms with Crippen molar-refractivity contribution in [2.45, 2.75) is 0 Å². The number of nitrogens with one attached hydrogen (secondary N) is 1. The lowest BCUT2D eigenvalue weighted by Crippen LogP contribution is -2.52. The van der Waals surface area contributed by atoms with E-state index in [4.69, 9.17) is 0 Å². The first kappa shape index (κ1) is 16.2. The van der Waals surface area contributed by atoms with Gasteiger partial charge in [0.25, 0.3) is 0 Å². The van der Waals surface area contributed by atoms with Crippen molar-refractivity contribution in [3.05, 3.63) is 30.1 Å². The summed E-state index contributed by atoms with van der Waals surface area (Å²) >= 11 is 0. The Bertz CT molecular complexity index is 525. The number of piperazine rings is 1. The van der Waals surface area contributed by atoms with Gasteiger partial charge >= 0.3 is 6.03 Å². The van der Waals surface area contributed by atoms with Crippen molar-refractivity contribution in [2.24, 2.45) is 0 Å². The molecule has 1 N–H and O–H groups in total. The Labute approximate surface area is 129 Å². The first-order valence-electron chi connectivity index (χ1n) is 7.19. The topological polar surface area (TPSA) is 55.9 Å². The molecule has 2 rings (SSSR count). The molecule has 1 aliphatic rings. The minimum Gasteiger partial charge on any atom is -0.348 e. The summed E-state index contributed by atoms with van der Waals surface area (Å²) in [4.78, 5) is 29.1. The van der Waals surface area contributed by atoms with Gasteiger partial charge in [0.05, 0.1) is 6.54 Å². The maximum Gasteiger partial charge on any atom is 0.321 e. The molecule has 7 heteroatoms. The van der Waals surface area contributed by atoms with Crippen LogP contribution in [0.1, 0.15) is 0 Å². The van der Waals surface area contributed by atoms with Crippen molar-refractivity contribution in [1.29, 1.82) is 0 Å². The zero-order valence-electron chi connectivity index (χ0n) is 12.9. The molecule has 22 heavy (non-hydrogen) atoms. The van der Waals surface area contributed by atoms with Gasteiger partial charge in [-0.3, -0.25) is 9.69 Å². The summed E-state index contributed by atoms with van der Waals surface area (Å²) in [5, 5.41) is 2.74. The molecule has 0 radical (unpaired) electrons. The number of carbonyl (C=O) groups excluding carboxylic acids is 2. The highest BCUT2D eigenvalue weighted by molar-refractivity contribution is 5.89. The van der Waals surface area contributed by atoms with Gasteiger partial charge in [-0.05, 0) is 24.3 Å². The van der Waals surface area contributed by atoms with Gasteiger partial charge in [0.2, 0.25) is 5.91 Å². The number of benzene rings is 1. The molecule has 1 fully saturated rings.